The van der Waals surface area contributed by atoms with Crippen LogP contribution in [0.4, 0.5) is 5.69 Å². The van der Waals surface area contributed by atoms with Gasteiger partial charge in [-0.15, -0.1) is 0 Å². The summed E-state index contributed by atoms with van der Waals surface area (Å²) in [5.41, 5.74) is 2.36. The van der Waals surface area contributed by atoms with Crippen LogP contribution >= 0.6 is 0 Å². The molecule has 0 saturated heterocycles. The molecule has 0 radical (unpaired) electrons. The number of rotatable bonds is 6. The Labute approximate surface area is 187 Å². The number of hydrogen-bond donors (Lipinski definition) is 1. The molecule has 164 valence electrons. The van der Waals surface area contributed by atoms with Gasteiger partial charge in [0.2, 0.25) is 0 Å². The van der Waals surface area contributed by atoms with Gasteiger partial charge in [-0.2, -0.15) is 0 Å². The molecule has 1 atom stereocenters. The number of anilines is 1. The van der Waals surface area contributed by atoms with Crippen molar-refractivity contribution in [2.45, 2.75) is 38.8 Å². The van der Waals surface area contributed by atoms with Crippen molar-refractivity contribution in [1.82, 2.24) is 10.3 Å². The fourth-order valence-corrected chi connectivity index (χ4v) is 3.88. The lowest BCUT2D eigenvalue weighted by Gasteiger charge is -2.34. The van der Waals surface area contributed by atoms with Gasteiger partial charge in [0.1, 0.15) is 5.75 Å². The highest BCUT2D eigenvalue weighted by atomic mass is 16.5. The molecule has 0 bridgehead atoms. The van der Waals surface area contributed by atoms with Crippen LogP contribution in [0.3, 0.4) is 0 Å². The SMILES string of the molecule is CCC(CC)NC(=O)C1CN(C(=O)/C=C/c2cccc3cccnc23)c2ccccc2O1. The zero-order valence-electron chi connectivity index (χ0n) is 18.3. The smallest absolute Gasteiger partial charge is 0.263 e. The van der Waals surface area contributed by atoms with Gasteiger partial charge < -0.3 is 15.0 Å². The Hall–Kier alpha value is -3.67. The second-order valence-corrected chi connectivity index (χ2v) is 7.80. The third-order valence-corrected chi connectivity index (χ3v) is 5.73. The van der Waals surface area contributed by atoms with Crippen molar-refractivity contribution in [2.24, 2.45) is 0 Å². The third-order valence-electron chi connectivity index (χ3n) is 5.73. The van der Waals surface area contributed by atoms with Gasteiger partial charge >= 0.3 is 0 Å². The number of ether oxygens (including phenoxy) is 1. The number of pyridine rings is 1. The maximum Gasteiger partial charge on any atom is 0.263 e. The van der Waals surface area contributed by atoms with Gasteiger partial charge in [0, 0.05) is 29.3 Å². The molecule has 6 heteroatoms. The summed E-state index contributed by atoms with van der Waals surface area (Å²) < 4.78 is 5.94. The highest BCUT2D eigenvalue weighted by Gasteiger charge is 2.33. The van der Waals surface area contributed by atoms with Crippen molar-refractivity contribution in [1.29, 1.82) is 0 Å². The first kappa shape index (κ1) is 21.6. The number of hydrogen-bond acceptors (Lipinski definition) is 4. The normalized spacial score (nSPS) is 15.6. The van der Waals surface area contributed by atoms with E-state index < -0.39 is 6.10 Å². The van der Waals surface area contributed by atoms with Crippen molar-refractivity contribution in [3.63, 3.8) is 0 Å². The maximum atomic E-state index is 13.2. The molecular weight excluding hydrogens is 402 g/mol. The topological polar surface area (TPSA) is 71.5 Å². The summed E-state index contributed by atoms with van der Waals surface area (Å²) in [5.74, 6) is 0.110. The van der Waals surface area contributed by atoms with E-state index in [0.717, 1.165) is 29.3 Å². The molecule has 1 N–H and O–H groups in total. The summed E-state index contributed by atoms with van der Waals surface area (Å²) >= 11 is 0. The molecule has 1 aliphatic rings. The molecule has 0 spiro atoms. The summed E-state index contributed by atoms with van der Waals surface area (Å²) in [6.45, 7) is 4.22. The van der Waals surface area contributed by atoms with E-state index in [9.17, 15) is 9.59 Å². The lowest BCUT2D eigenvalue weighted by Crippen LogP contribution is -2.52. The van der Waals surface area contributed by atoms with Crippen LogP contribution in [-0.2, 0) is 9.59 Å². The lowest BCUT2D eigenvalue weighted by molar-refractivity contribution is -0.129. The number of aromatic nitrogens is 1. The van der Waals surface area contributed by atoms with Gasteiger partial charge in [0.15, 0.2) is 6.10 Å². The number of carbonyl (C=O) groups excluding carboxylic acids is 2. The van der Waals surface area contributed by atoms with Crippen molar-refractivity contribution < 1.29 is 14.3 Å². The van der Waals surface area contributed by atoms with Crippen molar-refractivity contribution >= 4 is 34.5 Å². The van der Waals surface area contributed by atoms with Crippen LogP contribution in [0.1, 0.15) is 32.3 Å². The molecule has 1 unspecified atom stereocenters. The molecule has 0 fully saturated rings. The summed E-state index contributed by atoms with van der Waals surface area (Å²) in [6.07, 6.45) is 5.97. The van der Waals surface area contributed by atoms with Gasteiger partial charge in [0.25, 0.3) is 11.8 Å². The molecule has 1 aliphatic heterocycles. The first-order valence-corrected chi connectivity index (χ1v) is 11.0. The van der Waals surface area contributed by atoms with Crippen molar-refractivity contribution in [3.05, 3.63) is 72.4 Å². The number of nitrogens with one attached hydrogen (secondary N) is 1. The third kappa shape index (κ3) is 4.49. The van der Waals surface area contributed by atoms with E-state index in [1.807, 2.05) is 62.4 Å². The minimum absolute atomic E-state index is 0.0891. The molecule has 6 nitrogen and oxygen atoms in total. The van der Waals surface area contributed by atoms with Crippen LogP contribution in [0.5, 0.6) is 5.75 Å². The van der Waals surface area contributed by atoms with E-state index in [1.165, 1.54) is 6.08 Å². The number of para-hydroxylation sites is 3. The number of nitrogens with zero attached hydrogens (tertiary/aromatic N) is 2. The summed E-state index contributed by atoms with van der Waals surface area (Å²) in [4.78, 5) is 32.1. The average molecular weight is 430 g/mol. The predicted molar refractivity (Wildman–Crippen MR) is 127 cm³/mol. The fraction of sp³-hybridized carbons (Fsp3) is 0.269. The van der Waals surface area contributed by atoms with Crippen molar-refractivity contribution in [2.75, 3.05) is 11.4 Å². The quantitative estimate of drug-likeness (QED) is 0.592. The minimum atomic E-state index is -0.762. The fourth-order valence-electron chi connectivity index (χ4n) is 3.88. The lowest BCUT2D eigenvalue weighted by atomic mass is 10.1. The Bertz CT molecular complexity index is 1150. The minimum Gasteiger partial charge on any atom is -0.477 e. The van der Waals surface area contributed by atoms with E-state index in [0.29, 0.717) is 11.4 Å². The molecule has 0 saturated carbocycles. The summed E-state index contributed by atoms with van der Waals surface area (Å²) in [7, 11) is 0. The number of amides is 2. The summed E-state index contributed by atoms with van der Waals surface area (Å²) in [5, 5.41) is 4.04. The molecule has 4 rings (SSSR count). The van der Waals surface area contributed by atoms with Crippen LogP contribution in [0.2, 0.25) is 0 Å². The van der Waals surface area contributed by atoms with Gasteiger partial charge in [-0.3, -0.25) is 14.6 Å². The number of carbonyl (C=O) groups is 2. The van der Waals surface area contributed by atoms with Crippen LogP contribution in [0.15, 0.2) is 66.9 Å². The predicted octanol–water partition coefficient (Wildman–Crippen LogP) is 4.35. The Balaban J connectivity index is 1.58. The number of fused-ring (bicyclic) bond motifs is 2. The van der Waals surface area contributed by atoms with Crippen LogP contribution < -0.4 is 15.0 Å². The highest BCUT2D eigenvalue weighted by molar-refractivity contribution is 6.06. The molecule has 1 aromatic heterocycles. The van der Waals surface area contributed by atoms with Crippen LogP contribution in [-0.4, -0.2) is 35.5 Å². The molecule has 0 aliphatic carbocycles. The zero-order valence-corrected chi connectivity index (χ0v) is 18.3. The molecule has 2 heterocycles. The molecule has 2 amide bonds. The largest absolute Gasteiger partial charge is 0.477 e. The monoisotopic (exact) mass is 429 g/mol. The van der Waals surface area contributed by atoms with E-state index >= 15 is 0 Å². The van der Waals surface area contributed by atoms with E-state index in [-0.39, 0.29) is 24.4 Å². The second-order valence-electron chi connectivity index (χ2n) is 7.80. The Kier molecular flexibility index (Phi) is 6.50. The number of benzene rings is 2. The Morgan fingerprint density at radius 1 is 1.12 bits per heavy atom. The van der Waals surface area contributed by atoms with Gasteiger partial charge in [0.05, 0.1) is 17.7 Å². The standard InChI is InChI=1S/C26H27N3O3/c1-3-20(4-2)28-26(31)23-17-29(21-12-5-6-13-22(21)32-23)24(30)15-14-19-10-7-9-18-11-8-16-27-25(18)19/h5-16,20,23H,3-4,17H2,1-2H3,(H,28,31)/b15-14+. The van der Waals surface area contributed by atoms with E-state index in [1.54, 1.807) is 23.2 Å². The van der Waals surface area contributed by atoms with E-state index in [2.05, 4.69) is 10.3 Å². The van der Waals surface area contributed by atoms with Crippen LogP contribution in [0.25, 0.3) is 17.0 Å². The van der Waals surface area contributed by atoms with Gasteiger partial charge in [-0.25, -0.2) is 0 Å². The highest BCUT2D eigenvalue weighted by Crippen LogP contribution is 2.33. The second kappa shape index (κ2) is 9.64. The zero-order chi connectivity index (χ0) is 22.5. The average Bonchev–Trinajstić information content (AvgIpc) is 2.84. The van der Waals surface area contributed by atoms with Gasteiger partial charge in [-0.1, -0.05) is 50.2 Å². The molecular formula is C26H27N3O3. The first-order valence-electron chi connectivity index (χ1n) is 11.0. The Morgan fingerprint density at radius 2 is 1.91 bits per heavy atom. The first-order chi connectivity index (χ1) is 15.6. The Morgan fingerprint density at radius 3 is 2.72 bits per heavy atom. The van der Waals surface area contributed by atoms with Gasteiger partial charge in [-0.05, 0) is 37.1 Å². The molecule has 3 aromatic rings. The molecule has 2 aromatic carbocycles. The maximum absolute atomic E-state index is 13.2. The van der Waals surface area contributed by atoms with E-state index in [4.69, 9.17) is 4.74 Å². The van der Waals surface area contributed by atoms with Crippen molar-refractivity contribution in [3.8, 4) is 5.75 Å². The van der Waals surface area contributed by atoms with Crippen LogP contribution in [0, 0.1) is 0 Å². The molecule has 32 heavy (non-hydrogen) atoms. The summed E-state index contributed by atoms with van der Waals surface area (Å²) in [6, 6.07) is 17.1.